The van der Waals surface area contributed by atoms with E-state index in [1.807, 2.05) is 0 Å². The second-order valence-electron chi connectivity index (χ2n) is 31.0. The fraction of sp³-hybridized carbons (Fsp3) is 0.941. The SMILES string of the molecule is CC(=O)N[C@H]1[C@H](O[C@H]2[C@H](O)[C@@H](NC(C)=O)C(O)O[C@@H]2CO)O[C@H](CO)[C@@H](O[C@@H]2O[C@H](CO[C@H]3O[C@H](CO)[C@@H](O)[C@H](O[C@H]4O[C@H](CO)[C@@H](O)[C@H](O)[C@@H]4O)[C@@H]3O)[C@@H](O[C@@H]3O[C@H](CO)[C@@H](O)[C@H](O)[C@H]3NC(C)=O)[C@H](O[C@H]3O[C@H](CO)[C@@H](O)[C@H](O)[C@@H]3O[C@@H]3O[C@H](CO)[C@@H](O[C@@H]4O[C@H](CO)[C@H](O)[C@H](O)[C@H]4O)[C@H](O[C@@H]4O[C@@H](C)[C@@H](O)[C@@H](O)[C@@H]4O)[C@H]3NC(C)=O)[C@@H]2O)[C@@H]1O. The lowest BCUT2D eigenvalue weighted by atomic mass is 9.93. The molecule has 1 unspecified atom stereocenters. The highest BCUT2D eigenvalue weighted by atomic mass is 16.8. The zero-order valence-electron chi connectivity index (χ0n) is 65.7. The van der Waals surface area contributed by atoms with Crippen molar-refractivity contribution in [1.29, 1.82) is 0 Å². The van der Waals surface area contributed by atoms with Crippen LogP contribution in [0.4, 0.5) is 0 Å². The van der Waals surface area contributed by atoms with Crippen LogP contribution in [0.15, 0.2) is 0 Å². The number of carbonyl (C=O) groups is 4. The van der Waals surface area contributed by atoms with E-state index in [4.69, 9.17) is 90.0 Å². The summed E-state index contributed by atoms with van der Waals surface area (Å²) >= 11 is 0. The molecule has 0 aromatic rings. The van der Waals surface area contributed by atoms with Crippen molar-refractivity contribution >= 4 is 23.6 Å². The first kappa shape index (κ1) is 100. The minimum Gasteiger partial charge on any atom is -0.394 e. The van der Waals surface area contributed by atoms with Gasteiger partial charge in [0.15, 0.2) is 62.9 Å². The second-order valence-corrected chi connectivity index (χ2v) is 31.0. The molecule has 0 spiro atoms. The standard InChI is InChI=1S/C68H114N4O50/c1-15-33(85)42(94)46(98)64(105-15)119-55-32(72-19(5)84)62(113-27(13-80)53(55)118-65-47(99)43(95)35(87)21(7-74)109-65)122-58-45(97)37(89)23(9-76)111-68(58)121-57-50(102)67(116-52-26(12-79)112-61(31(41(52)93)71-18(4)83)115-51-25(11-78)106-59(103)29(40(51)92)69-16(2)81)114-28(54(57)117-60-30(70-17(3)82)39(91)34(86)20(6-73)107-60)14-104-63-49(101)56(38(90)24(10-77)108-63)120-66-48(100)44(96)36(88)22(8-75)110-66/h15,20-68,73-80,85-103H,6-14H2,1-5H3,(H,69,81)(H,70,82)(H,71,83)(H,72,84)/t15-,20+,21+,22+,23+,24+,25+,26+,27+,28+,29+,30+,31+,32+,33+,34+,35-,36+,37+,38+,39+,40+,41+,42+,43-,44-,45-,46-,47+,48-,49-,50-,51+,52+,53+,54+,55+,56-,57+,58-,59?,60-,61-,62-,63-,64-,65-,66+,67-,68+/m0/s1. The summed E-state index contributed by atoms with van der Waals surface area (Å²) in [5.74, 6) is -3.87. The lowest BCUT2D eigenvalue weighted by Crippen LogP contribution is -2.72. The summed E-state index contributed by atoms with van der Waals surface area (Å²) in [5, 5.41) is 313. The first-order valence-corrected chi connectivity index (χ1v) is 39.0. The molecule has 4 amide bonds. The van der Waals surface area contributed by atoms with E-state index >= 15 is 0 Å². The molecular formula is C68H114N4O50. The number of hydrogen-bond donors (Lipinski definition) is 31. The van der Waals surface area contributed by atoms with Crippen LogP contribution in [-0.4, -0.2) is 528 Å². The quantitative estimate of drug-likeness (QED) is 0.0306. The molecule has 0 bridgehead atoms. The van der Waals surface area contributed by atoms with Crippen LogP contribution in [0.25, 0.3) is 0 Å². The molecule has 10 aliphatic heterocycles. The molecule has 10 aliphatic rings. The highest BCUT2D eigenvalue weighted by Gasteiger charge is 2.63. The van der Waals surface area contributed by atoms with Gasteiger partial charge in [0.05, 0.1) is 65.6 Å². The Morgan fingerprint density at radius 1 is 0.230 bits per heavy atom. The zero-order valence-corrected chi connectivity index (χ0v) is 65.7. The smallest absolute Gasteiger partial charge is 0.217 e. The van der Waals surface area contributed by atoms with Gasteiger partial charge in [0.25, 0.3) is 0 Å². The van der Waals surface area contributed by atoms with Gasteiger partial charge in [-0.15, -0.1) is 0 Å². The van der Waals surface area contributed by atoms with Gasteiger partial charge in [0.1, 0.15) is 238 Å². The Morgan fingerprint density at radius 3 is 1.02 bits per heavy atom. The molecule has 0 saturated carbocycles. The van der Waals surface area contributed by atoms with Gasteiger partial charge in [0.2, 0.25) is 23.6 Å². The van der Waals surface area contributed by atoms with Crippen LogP contribution in [0.5, 0.6) is 0 Å². The van der Waals surface area contributed by atoms with Gasteiger partial charge in [-0.1, -0.05) is 0 Å². The zero-order chi connectivity index (χ0) is 89.8. The van der Waals surface area contributed by atoms with Crippen molar-refractivity contribution in [3.05, 3.63) is 0 Å². The number of aliphatic hydroxyl groups excluding tert-OH is 27. The minimum absolute atomic E-state index is 0.817. The number of carbonyl (C=O) groups excluding carboxylic acids is 4. The van der Waals surface area contributed by atoms with Crippen LogP contribution in [0, 0.1) is 0 Å². The van der Waals surface area contributed by atoms with Gasteiger partial charge in [-0.3, -0.25) is 19.2 Å². The lowest BCUT2D eigenvalue weighted by Gasteiger charge is -2.53. The predicted octanol–water partition coefficient (Wildman–Crippen LogP) is -21.2. The lowest BCUT2D eigenvalue weighted by molar-refractivity contribution is -0.411. The molecule has 0 aliphatic carbocycles. The van der Waals surface area contributed by atoms with Crippen molar-refractivity contribution in [2.24, 2.45) is 0 Å². The van der Waals surface area contributed by atoms with Gasteiger partial charge in [-0.2, -0.15) is 0 Å². The molecule has 54 nitrogen and oxygen atoms in total. The number of amides is 4. The van der Waals surface area contributed by atoms with Crippen LogP contribution in [0.3, 0.4) is 0 Å². The van der Waals surface area contributed by atoms with E-state index in [2.05, 4.69) is 21.3 Å². The summed E-state index contributed by atoms with van der Waals surface area (Å²) in [5.41, 5.74) is 0. The summed E-state index contributed by atoms with van der Waals surface area (Å²) in [6.45, 7) is -5.68. The minimum atomic E-state index is -2.77. The molecule has 31 N–H and O–H groups in total. The van der Waals surface area contributed by atoms with E-state index in [0.29, 0.717) is 0 Å². The number of rotatable bonds is 31. The highest BCUT2D eigenvalue weighted by molar-refractivity contribution is 5.74. The largest absolute Gasteiger partial charge is 0.394 e. The van der Waals surface area contributed by atoms with Crippen LogP contribution >= 0.6 is 0 Å². The van der Waals surface area contributed by atoms with E-state index in [0.717, 1.165) is 27.7 Å². The van der Waals surface area contributed by atoms with Crippen molar-refractivity contribution in [2.45, 2.75) is 341 Å². The first-order valence-electron chi connectivity index (χ1n) is 39.0. The Bertz CT molecular complexity index is 3290. The number of ether oxygens (including phenoxy) is 19. The predicted molar refractivity (Wildman–Crippen MR) is 375 cm³/mol. The van der Waals surface area contributed by atoms with Crippen molar-refractivity contribution in [3.63, 3.8) is 0 Å². The first-order chi connectivity index (χ1) is 57.7. The molecule has 10 heterocycles. The maximum atomic E-state index is 13.7. The van der Waals surface area contributed by atoms with E-state index in [1.165, 1.54) is 6.92 Å². The average molecular weight is 1790 g/mol. The molecule has 0 aromatic heterocycles. The Labute approximate surface area is 691 Å². The molecule has 10 saturated heterocycles. The monoisotopic (exact) mass is 1790 g/mol. The van der Waals surface area contributed by atoms with Crippen LogP contribution in [-0.2, 0) is 109 Å². The summed E-state index contributed by atoms with van der Waals surface area (Å²) in [6.07, 6.45) is -99.7. The van der Waals surface area contributed by atoms with Gasteiger partial charge >= 0.3 is 0 Å². The molecule has 50 atom stereocenters. The van der Waals surface area contributed by atoms with E-state index in [-0.39, 0.29) is 0 Å². The van der Waals surface area contributed by atoms with Crippen molar-refractivity contribution in [3.8, 4) is 0 Å². The number of hydrogen-bond acceptors (Lipinski definition) is 50. The Morgan fingerprint density at radius 2 is 0.525 bits per heavy atom. The van der Waals surface area contributed by atoms with E-state index in [1.54, 1.807) is 0 Å². The summed E-state index contributed by atoms with van der Waals surface area (Å²) < 4.78 is 116. The van der Waals surface area contributed by atoms with Gasteiger partial charge in [-0.05, 0) is 6.92 Å². The van der Waals surface area contributed by atoms with Gasteiger partial charge in [-0.25, -0.2) is 0 Å². The fourth-order valence-corrected chi connectivity index (χ4v) is 15.9. The highest BCUT2D eigenvalue weighted by Crippen LogP contribution is 2.42. The van der Waals surface area contributed by atoms with Crippen LogP contribution < -0.4 is 21.3 Å². The van der Waals surface area contributed by atoms with E-state index in [9.17, 15) is 157 Å². The van der Waals surface area contributed by atoms with Gasteiger partial charge < -0.3 is 249 Å². The summed E-state index contributed by atoms with van der Waals surface area (Å²) in [4.78, 5) is 52.3. The number of nitrogens with one attached hydrogen (secondary N) is 4. The normalized spacial score (nSPS) is 49.7. The Hall–Kier alpha value is -3.96. The Balaban J connectivity index is 1.10. The molecule has 706 valence electrons. The maximum absolute atomic E-state index is 13.7. The molecule has 10 rings (SSSR count). The summed E-state index contributed by atoms with van der Waals surface area (Å²) in [6, 6.07) is -7.86. The van der Waals surface area contributed by atoms with Gasteiger partial charge in [0, 0.05) is 27.7 Å². The maximum Gasteiger partial charge on any atom is 0.217 e. The van der Waals surface area contributed by atoms with Crippen LogP contribution in [0.1, 0.15) is 34.6 Å². The fourth-order valence-electron chi connectivity index (χ4n) is 15.9. The number of aliphatic hydroxyl groups is 27. The molecular weight excluding hydrogens is 1670 g/mol. The third-order valence-corrected chi connectivity index (χ3v) is 22.4. The third-order valence-electron chi connectivity index (χ3n) is 22.4. The third kappa shape index (κ3) is 21.9. The summed E-state index contributed by atoms with van der Waals surface area (Å²) in [7, 11) is 0. The van der Waals surface area contributed by atoms with Crippen molar-refractivity contribution in [1.82, 2.24) is 21.3 Å². The second kappa shape index (κ2) is 43.6. The average Bonchev–Trinajstić information content (AvgIpc) is 0.760. The molecule has 10 fully saturated rings. The molecule has 0 aromatic carbocycles. The molecule has 54 heteroatoms. The molecule has 0 radical (unpaired) electrons. The Kier molecular flexibility index (Phi) is 35.8. The van der Waals surface area contributed by atoms with Crippen molar-refractivity contribution < 1.29 is 247 Å². The topological polar surface area (TPSA) is 838 Å². The van der Waals surface area contributed by atoms with Crippen LogP contribution in [0.2, 0.25) is 0 Å². The van der Waals surface area contributed by atoms with Crippen molar-refractivity contribution in [2.75, 3.05) is 59.5 Å². The van der Waals surface area contributed by atoms with E-state index < -0.39 is 390 Å². The molecule has 122 heavy (non-hydrogen) atoms.